The number of hydrogen-bond acceptors (Lipinski definition) is 1. The maximum absolute atomic E-state index is 16.4. The normalized spacial score (nSPS) is 22.2. The van der Waals surface area contributed by atoms with Gasteiger partial charge in [-0.1, -0.05) is 66.7 Å². The number of rotatable bonds is 7. The molecule has 4 rings (SSSR count). The summed E-state index contributed by atoms with van der Waals surface area (Å²) in [5.41, 5.74) is 0.217. The molecule has 2 aromatic rings. The molecular weight excluding hydrogens is 425 g/mol. The zero-order chi connectivity index (χ0) is 22.6. The predicted molar refractivity (Wildman–Crippen MR) is 126 cm³/mol. The van der Waals surface area contributed by atoms with Gasteiger partial charge in [-0.2, -0.15) is 0 Å². The Labute approximate surface area is 190 Å². The van der Waals surface area contributed by atoms with E-state index >= 15 is 4.39 Å². The quantitative estimate of drug-likeness (QED) is 0.308. The van der Waals surface area contributed by atoms with Gasteiger partial charge in [0.2, 0.25) is 0 Å². The third-order valence-electron chi connectivity index (χ3n) is 6.78. The molecule has 0 N–H and O–H groups in total. The predicted octanol–water partition coefficient (Wildman–Crippen LogP) is 7.62. The van der Waals surface area contributed by atoms with Crippen molar-refractivity contribution < 1.29 is 17.9 Å². The van der Waals surface area contributed by atoms with Gasteiger partial charge in [-0.15, -0.1) is 0 Å². The molecule has 169 valence electrons. The highest BCUT2D eigenvalue weighted by Crippen LogP contribution is 2.44. The number of benzene rings is 2. The van der Waals surface area contributed by atoms with Gasteiger partial charge < -0.3 is 4.74 Å². The largest absolute Gasteiger partial charge is 0.385 e. The van der Waals surface area contributed by atoms with Crippen LogP contribution in [0.5, 0.6) is 0 Å². The van der Waals surface area contributed by atoms with Gasteiger partial charge in [0, 0.05) is 40.1 Å². The minimum atomic E-state index is -1.73. The second-order valence-electron chi connectivity index (χ2n) is 8.88. The van der Waals surface area contributed by atoms with Gasteiger partial charge in [-0.25, -0.2) is 13.2 Å². The van der Waals surface area contributed by atoms with Gasteiger partial charge in [0.15, 0.2) is 17.3 Å². The minimum absolute atomic E-state index is 0.100. The number of halogens is 3. The van der Waals surface area contributed by atoms with Gasteiger partial charge >= 0.3 is 0 Å². The molecule has 1 fully saturated rings. The molecule has 1 radical (unpaired) electrons. The van der Waals surface area contributed by atoms with Gasteiger partial charge in [-0.3, -0.25) is 0 Å². The first kappa shape index (κ1) is 23.1. The van der Waals surface area contributed by atoms with Crippen LogP contribution in [-0.4, -0.2) is 22.5 Å². The van der Waals surface area contributed by atoms with Gasteiger partial charge in [0.1, 0.15) is 0 Å². The number of alkyl halides is 1. The Kier molecular flexibility index (Phi) is 7.36. The molecule has 1 unspecified atom stereocenters. The van der Waals surface area contributed by atoms with Crippen molar-refractivity contribution in [2.24, 2.45) is 5.92 Å². The van der Waals surface area contributed by atoms with Crippen LogP contribution in [0.25, 0.3) is 11.1 Å². The molecule has 0 bridgehead atoms. The fourth-order valence-electron chi connectivity index (χ4n) is 5.05. The Morgan fingerprint density at radius 3 is 2.56 bits per heavy atom. The molecule has 2 aromatic carbocycles. The summed E-state index contributed by atoms with van der Waals surface area (Å²) in [5.74, 6) is -1.49. The van der Waals surface area contributed by atoms with Crippen LogP contribution >= 0.6 is 0 Å². The van der Waals surface area contributed by atoms with Crippen LogP contribution in [-0.2, 0) is 10.4 Å². The molecule has 32 heavy (non-hydrogen) atoms. The standard InChI is InChI=1S/C27H30F3OSi/c1-31-15-6-16-32-17-12-20(13-18-32)21-7-5-14-27(30,19-21)24-10-3-2-8-22(24)23-9-4-11-25(28)26(23)29/h2-5,7-11,19-20H,6,12-18H2,1H3. The maximum atomic E-state index is 16.4. The lowest BCUT2D eigenvalue weighted by atomic mass is 9.79. The lowest BCUT2D eigenvalue weighted by Crippen LogP contribution is -2.26. The number of ether oxygens (including phenoxy) is 1. The lowest BCUT2D eigenvalue weighted by molar-refractivity contribution is 0.199. The summed E-state index contributed by atoms with van der Waals surface area (Å²) in [6.07, 6.45) is 9.25. The second kappa shape index (κ2) is 10.2. The molecule has 1 atom stereocenters. The van der Waals surface area contributed by atoms with Gasteiger partial charge in [0.05, 0.1) is 0 Å². The molecule has 1 aliphatic heterocycles. The van der Waals surface area contributed by atoms with Crippen LogP contribution in [0.3, 0.4) is 0 Å². The minimum Gasteiger partial charge on any atom is -0.385 e. The first-order valence-electron chi connectivity index (χ1n) is 11.5. The molecule has 2 aliphatic rings. The Morgan fingerprint density at radius 1 is 1.03 bits per heavy atom. The van der Waals surface area contributed by atoms with Crippen LogP contribution < -0.4 is 0 Å². The number of allylic oxidation sites excluding steroid dienone is 4. The smallest absolute Gasteiger partial charge is 0.166 e. The Morgan fingerprint density at radius 2 is 1.78 bits per heavy atom. The Bertz CT molecular complexity index is 994. The van der Waals surface area contributed by atoms with Crippen LogP contribution in [0.15, 0.2) is 66.3 Å². The van der Waals surface area contributed by atoms with Gasteiger partial charge in [0.25, 0.3) is 0 Å². The number of hydrogen-bond donors (Lipinski definition) is 0. The first-order valence-corrected chi connectivity index (χ1v) is 13.6. The molecule has 0 amide bonds. The van der Waals surface area contributed by atoms with Crippen molar-refractivity contribution in [1.29, 1.82) is 0 Å². The highest BCUT2D eigenvalue weighted by Gasteiger charge is 2.35. The topological polar surface area (TPSA) is 9.23 Å². The Balaban J connectivity index is 1.57. The van der Waals surface area contributed by atoms with Crippen molar-refractivity contribution in [3.05, 3.63) is 83.5 Å². The van der Waals surface area contributed by atoms with E-state index in [0.717, 1.165) is 37.5 Å². The second-order valence-corrected chi connectivity index (χ2v) is 11.9. The van der Waals surface area contributed by atoms with E-state index in [-0.39, 0.29) is 20.8 Å². The molecule has 1 saturated heterocycles. The summed E-state index contributed by atoms with van der Waals surface area (Å²) in [7, 11) is 1.43. The van der Waals surface area contributed by atoms with Crippen molar-refractivity contribution in [3.8, 4) is 11.1 Å². The van der Waals surface area contributed by atoms with E-state index < -0.39 is 17.3 Å². The van der Waals surface area contributed by atoms with E-state index in [4.69, 9.17) is 4.74 Å². The van der Waals surface area contributed by atoms with E-state index in [1.165, 1.54) is 30.3 Å². The van der Waals surface area contributed by atoms with Crippen LogP contribution in [0.2, 0.25) is 18.1 Å². The molecule has 0 aromatic heterocycles. The molecular formula is C27H30F3OSi. The summed E-state index contributed by atoms with van der Waals surface area (Å²) >= 11 is 0. The number of methoxy groups -OCH3 is 1. The van der Waals surface area contributed by atoms with E-state index in [2.05, 4.69) is 6.08 Å². The van der Waals surface area contributed by atoms with E-state index in [9.17, 15) is 8.78 Å². The summed E-state index contributed by atoms with van der Waals surface area (Å²) in [6, 6.07) is 14.7. The van der Waals surface area contributed by atoms with Crippen LogP contribution in [0, 0.1) is 17.6 Å². The molecule has 1 heterocycles. The zero-order valence-corrected chi connectivity index (χ0v) is 19.5. The van der Waals surface area contributed by atoms with E-state index in [0.29, 0.717) is 17.0 Å². The molecule has 0 saturated carbocycles. The molecule has 0 spiro atoms. The molecule has 1 nitrogen and oxygen atoms in total. The van der Waals surface area contributed by atoms with E-state index in [1.54, 1.807) is 37.5 Å². The van der Waals surface area contributed by atoms with Crippen LogP contribution in [0.4, 0.5) is 13.2 Å². The maximum Gasteiger partial charge on any atom is 0.166 e. The van der Waals surface area contributed by atoms with E-state index in [1.807, 2.05) is 6.08 Å². The average Bonchev–Trinajstić information content (AvgIpc) is 2.82. The zero-order valence-electron chi connectivity index (χ0n) is 18.5. The average molecular weight is 456 g/mol. The summed E-state index contributed by atoms with van der Waals surface area (Å²) in [5, 5.41) is 0. The third kappa shape index (κ3) is 4.94. The lowest BCUT2D eigenvalue weighted by Gasteiger charge is -2.33. The summed E-state index contributed by atoms with van der Waals surface area (Å²) in [4.78, 5) is 0. The third-order valence-corrected chi connectivity index (χ3v) is 9.83. The monoisotopic (exact) mass is 455 g/mol. The molecule has 1 aliphatic carbocycles. The first-order chi connectivity index (χ1) is 15.5. The van der Waals surface area contributed by atoms with Crippen molar-refractivity contribution in [2.75, 3.05) is 13.7 Å². The summed E-state index contributed by atoms with van der Waals surface area (Å²) in [6.45, 7) is 0.834. The highest BCUT2D eigenvalue weighted by atomic mass is 28.3. The van der Waals surface area contributed by atoms with Crippen molar-refractivity contribution in [2.45, 2.75) is 49.5 Å². The van der Waals surface area contributed by atoms with Gasteiger partial charge in [-0.05, 0) is 48.5 Å². The summed E-state index contributed by atoms with van der Waals surface area (Å²) < 4.78 is 50.0. The Hall–Kier alpha value is -2.11. The SMILES string of the molecule is COCCC[Si]1CCC(C2=CC(F)(c3ccccc3-c3cccc(F)c3F)CC=C2)CC1. The fraction of sp³-hybridized carbons (Fsp3) is 0.407. The van der Waals surface area contributed by atoms with Crippen molar-refractivity contribution >= 4 is 8.80 Å². The van der Waals surface area contributed by atoms with Crippen molar-refractivity contribution in [3.63, 3.8) is 0 Å². The van der Waals surface area contributed by atoms with Crippen LogP contribution in [0.1, 0.15) is 31.2 Å². The highest BCUT2D eigenvalue weighted by molar-refractivity contribution is 6.59. The van der Waals surface area contributed by atoms with Crippen molar-refractivity contribution in [1.82, 2.24) is 0 Å². The fourth-order valence-corrected chi connectivity index (χ4v) is 7.96. The molecule has 5 heteroatoms.